The third-order valence-corrected chi connectivity index (χ3v) is 6.76. The first kappa shape index (κ1) is 20.5. The number of benzene rings is 1. The summed E-state index contributed by atoms with van der Waals surface area (Å²) in [5.41, 5.74) is 4.48. The van der Waals surface area contributed by atoms with Gasteiger partial charge in [-0.05, 0) is 67.6 Å². The largest absolute Gasteiger partial charge is 0.497 e. The first-order valence-electron chi connectivity index (χ1n) is 11.4. The number of pyridine rings is 1. The first-order chi connectivity index (χ1) is 16.6. The molecule has 0 unspecified atom stereocenters. The fourth-order valence-corrected chi connectivity index (χ4v) is 4.96. The number of aryl methyl sites for hydroxylation is 1. The van der Waals surface area contributed by atoms with Crippen LogP contribution in [0.4, 0.5) is 0 Å². The number of nitrogens with zero attached hydrogens (tertiary/aromatic N) is 3. The smallest absolute Gasteiger partial charge is 0.259 e. The van der Waals surface area contributed by atoms with Crippen molar-refractivity contribution < 1.29 is 18.5 Å². The van der Waals surface area contributed by atoms with E-state index in [1.807, 2.05) is 30.0 Å². The molecule has 0 spiro atoms. The minimum absolute atomic E-state index is 0.0365. The molecule has 0 aliphatic carbocycles. The Morgan fingerprint density at radius 3 is 2.82 bits per heavy atom. The maximum Gasteiger partial charge on any atom is 0.259 e. The number of hydrogen-bond acceptors (Lipinski definition) is 6. The van der Waals surface area contributed by atoms with Crippen LogP contribution in [0.15, 0.2) is 57.8 Å². The van der Waals surface area contributed by atoms with E-state index >= 15 is 0 Å². The normalized spacial score (nSPS) is 14.8. The van der Waals surface area contributed by atoms with Gasteiger partial charge in [0, 0.05) is 30.2 Å². The summed E-state index contributed by atoms with van der Waals surface area (Å²) in [5, 5.41) is 5.88. The van der Waals surface area contributed by atoms with Gasteiger partial charge in [-0.15, -0.1) is 0 Å². The zero-order valence-electron chi connectivity index (χ0n) is 19.0. The zero-order chi connectivity index (χ0) is 23.2. The van der Waals surface area contributed by atoms with Crippen LogP contribution in [0.2, 0.25) is 0 Å². The van der Waals surface area contributed by atoms with Crippen LogP contribution in [0.25, 0.3) is 33.5 Å². The summed E-state index contributed by atoms with van der Waals surface area (Å²) in [6, 6.07) is 11.5. The molecule has 5 aromatic rings. The molecule has 34 heavy (non-hydrogen) atoms. The van der Waals surface area contributed by atoms with Crippen molar-refractivity contribution in [2.45, 2.75) is 25.7 Å². The van der Waals surface area contributed by atoms with Gasteiger partial charge in [0.25, 0.3) is 11.6 Å². The molecule has 1 aliphatic heterocycles. The molecule has 1 fully saturated rings. The molecule has 1 aromatic carbocycles. The lowest BCUT2D eigenvalue weighted by Crippen LogP contribution is -2.38. The van der Waals surface area contributed by atoms with Crippen molar-refractivity contribution in [3.05, 3.63) is 65.7 Å². The predicted octanol–water partition coefficient (Wildman–Crippen LogP) is 5.30. The van der Waals surface area contributed by atoms with Gasteiger partial charge in [0.05, 0.1) is 30.0 Å². The highest BCUT2D eigenvalue weighted by molar-refractivity contribution is 6.07. The fraction of sp³-hybridized carbons (Fsp3) is 0.269. The topological polar surface area (TPSA) is 97.4 Å². The molecule has 0 saturated carbocycles. The fourth-order valence-electron chi connectivity index (χ4n) is 4.96. The third-order valence-electron chi connectivity index (χ3n) is 6.76. The number of likely N-dealkylation sites (tertiary alicyclic amines) is 1. The lowest BCUT2D eigenvalue weighted by molar-refractivity contribution is 0.0715. The number of aromatic nitrogens is 3. The summed E-state index contributed by atoms with van der Waals surface area (Å²) in [5.74, 6) is 1.77. The summed E-state index contributed by atoms with van der Waals surface area (Å²) in [7, 11) is 1.68. The molecule has 0 atom stereocenters. The molecule has 8 heteroatoms. The minimum Gasteiger partial charge on any atom is -0.497 e. The van der Waals surface area contributed by atoms with Gasteiger partial charge in [-0.2, -0.15) is 0 Å². The van der Waals surface area contributed by atoms with E-state index in [2.05, 4.69) is 27.4 Å². The summed E-state index contributed by atoms with van der Waals surface area (Å²) in [6.45, 7) is 3.17. The van der Waals surface area contributed by atoms with E-state index in [0.29, 0.717) is 52.8 Å². The lowest BCUT2D eigenvalue weighted by atomic mass is 9.89. The maximum absolute atomic E-state index is 13.7. The molecule has 5 heterocycles. The van der Waals surface area contributed by atoms with E-state index < -0.39 is 0 Å². The lowest BCUT2D eigenvalue weighted by Gasteiger charge is -2.32. The van der Waals surface area contributed by atoms with Gasteiger partial charge in [-0.1, -0.05) is 5.16 Å². The second kappa shape index (κ2) is 8.06. The summed E-state index contributed by atoms with van der Waals surface area (Å²) < 4.78 is 16.3. The summed E-state index contributed by atoms with van der Waals surface area (Å²) in [4.78, 5) is 23.4. The number of fused-ring (bicyclic) bond motifs is 2. The number of nitrogens with one attached hydrogen (secondary N) is 1. The highest BCUT2D eigenvalue weighted by Gasteiger charge is 2.29. The van der Waals surface area contributed by atoms with Crippen LogP contribution in [0.3, 0.4) is 0 Å². The standard InChI is InChI=1S/C26H24N4O4/c1-15-24-19(13-22(23-4-3-11-33-23)28-25(24)34-29-15)26(31)30-9-7-16(8-10-30)20-14-27-21-6-5-17(32-2)12-18(20)21/h3-6,11-14,16,27H,7-10H2,1-2H3. The van der Waals surface area contributed by atoms with Gasteiger partial charge in [0.2, 0.25) is 0 Å². The Morgan fingerprint density at radius 1 is 1.21 bits per heavy atom. The Bertz CT molecular complexity index is 1490. The van der Waals surface area contributed by atoms with Gasteiger partial charge in [0.1, 0.15) is 11.4 Å². The van der Waals surface area contributed by atoms with Crippen LogP contribution < -0.4 is 4.74 Å². The number of ether oxygens (including phenoxy) is 1. The Kier molecular flexibility index (Phi) is 4.86. The maximum atomic E-state index is 13.7. The minimum atomic E-state index is -0.0365. The van der Waals surface area contributed by atoms with Crippen LogP contribution >= 0.6 is 0 Å². The quantitative estimate of drug-likeness (QED) is 0.394. The summed E-state index contributed by atoms with van der Waals surface area (Å²) >= 11 is 0. The molecule has 6 rings (SSSR count). The van der Waals surface area contributed by atoms with Gasteiger partial charge in [-0.25, -0.2) is 4.98 Å². The molecule has 1 N–H and O–H groups in total. The second-order valence-corrected chi connectivity index (χ2v) is 8.70. The highest BCUT2D eigenvalue weighted by atomic mass is 16.5. The Balaban J connectivity index is 1.27. The van der Waals surface area contributed by atoms with Crippen molar-refractivity contribution in [2.75, 3.05) is 20.2 Å². The van der Waals surface area contributed by atoms with Crippen molar-refractivity contribution in [3.63, 3.8) is 0 Å². The SMILES string of the molecule is COc1ccc2[nH]cc(C3CCN(C(=O)c4cc(-c5ccco5)nc5onc(C)c45)CC3)c2c1. The molecular formula is C26H24N4O4. The van der Waals surface area contributed by atoms with E-state index in [1.165, 1.54) is 10.9 Å². The van der Waals surface area contributed by atoms with Crippen LogP contribution in [0.1, 0.15) is 40.4 Å². The zero-order valence-corrected chi connectivity index (χ0v) is 19.0. The van der Waals surface area contributed by atoms with E-state index in [1.54, 1.807) is 25.5 Å². The first-order valence-corrected chi connectivity index (χ1v) is 11.4. The van der Waals surface area contributed by atoms with Gasteiger partial charge in [-0.3, -0.25) is 4.79 Å². The Labute approximate surface area is 195 Å². The molecular weight excluding hydrogens is 432 g/mol. The monoisotopic (exact) mass is 456 g/mol. The average Bonchev–Trinajstić information content (AvgIpc) is 3.63. The number of carbonyl (C=O) groups excluding carboxylic acids is 1. The molecule has 1 amide bonds. The highest BCUT2D eigenvalue weighted by Crippen LogP contribution is 2.36. The number of carbonyl (C=O) groups is 1. The average molecular weight is 457 g/mol. The molecule has 8 nitrogen and oxygen atoms in total. The van der Waals surface area contributed by atoms with Gasteiger partial charge >= 0.3 is 0 Å². The molecule has 0 bridgehead atoms. The number of piperidine rings is 1. The van der Waals surface area contributed by atoms with Crippen LogP contribution in [0, 0.1) is 6.92 Å². The molecule has 1 aliphatic rings. The van der Waals surface area contributed by atoms with E-state index in [4.69, 9.17) is 13.7 Å². The number of rotatable bonds is 4. The van der Waals surface area contributed by atoms with Crippen LogP contribution in [-0.2, 0) is 0 Å². The number of H-pyrrole nitrogens is 1. The summed E-state index contributed by atoms with van der Waals surface area (Å²) in [6.07, 6.45) is 5.45. The number of hydrogen-bond donors (Lipinski definition) is 1. The van der Waals surface area contributed by atoms with Crippen molar-refractivity contribution in [1.82, 2.24) is 20.0 Å². The van der Waals surface area contributed by atoms with E-state index in [0.717, 1.165) is 24.1 Å². The number of amides is 1. The second-order valence-electron chi connectivity index (χ2n) is 8.70. The van der Waals surface area contributed by atoms with Crippen molar-refractivity contribution in [2.24, 2.45) is 0 Å². The van der Waals surface area contributed by atoms with Crippen molar-refractivity contribution >= 4 is 27.9 Å². The Hall–Kier alpha value is -4.07. The number of aromatic amines is 1. The molecule has 1 saturated heterocycles. The van der Waals surface area contributed by atoms with Gasteiger partial charge < -0.3 is 23.6 Å². The van der Waals surface area contributed by atoms with Crippen molar-refractivity contribution in [3.8, 4) is 17.2 Å². The molecule has 4 aromatic heterocycles. The Morgan fingerprint density at radius 2 is 2.06 bits per heavy atom. The van der Waals surface area contributed by atoms with E-state index in [-0.39, 0.29) is 5.91 Å². The van der Waals surface area contributed by atoms with Crippen molar-refractivity contribution in [1.29, 1.82) is 0 Å². The predicted molar refractivity (Wildman–Crippen MR) is 127 cm³/mol. The molecule has 172 valence electrons. The van der Waals surface area contributed by atoms with Crippen LogP contribution in [-0.4, -0.2) is 46.1 Å². The van der Waals surface area contributed by atoms with Gasteiger partial charge in [0.15, 0.2) is 5.76 Å². The third kappa shape index (κ3) is 3.34. The molecule has 0 radical (unpaired) electrons. The van der Waals surface area contributed by atoms with Crippen LogP contribution in [0.5, 0.6) is 5.75 Å². The number of furan rings is 1. The number of methoxy groups -OCH3 is 1. The van der Waals surface area contributed by atoms with E-state index in [9.17, 15) is 4.79 Å².